The normalized spacial score (nSPS) is 5.82. The van der Waals surface area contributed by atoms with Crippen LogP contribution in [-0.2, 0) is 18.5 Å². The van der Waals surface area contributed by atoms with Crippen LogP contribution in [-0.4, -0.2) is 23.4 Å². The summed E-state index contributed by atoms with van der Waals surface area (Å²) in [6.07, 6.45) is 2.86. The summed E-state index contributed by atoms with van der Waals surface area (Å²) < 4.78 is 0. The summed E-state index contributed by atoms with van der Waals surface area (Å²) in [5, 5.41) is 15.5. The van der Waals surface area contributed by atoms with Crippen LogP contribution >= 0.6 is 24.4 Å². The Labute approximate surface area is 90.9 Å². The van der Waals surface area contributed by atoms with E-state index in [-0.39, 0.29) is 31.8 Å². The Bertz CT molecular complexity index is 63.6. The zero-order valence-electron chi connectivity index (χ0n) is 6.13. The van der Waals surface area contributed by atoms with E-state index in [1.807, 2.05) is 0 Å². The van der Waals surface area contributed by atoms with Gasteiger partial charge in [0.05, 0.1) is 13.2 Å². The molecule has 0 aromatic rings. The van der Waals surface area contributed by atoms with Crippen LogP contribution < -0.4 is 0 Å². The van der Waals surface area contributed by atoms with Crippen molar-refractivity contribution >= 4 is 24.4 Å². The Hall–Kier alpha value is 1.24. The van der Waals surface area contributed by atoms with Gasteiger partial charge in [-0.3, -0.25) is 0 Å². The summed E-state index contributed by atoms with van der Waals surface area (Å²) in [5.74, 6) is 0. The zero-order valence-corrected chi connectivity index (χ0v) is 11.8. The van der Waals surface area contributed by atoms with E-state index in [2.05, 4.69) is 37.6 Å². The molecule has 0 aliphatic heterocycles. The van der Waals surface area contributed by atoms with Gasteiger partial charge in [-0.2, -0.15) is 0 Å². The van der Waals surface area contributed by atoms with Crippen molar-refractivity contribution in [1.82, 2.24) is 0 Å². The molecular formula is C6H12Br2O2Zr. The Morgan fingerprint density at radius 3 is 1.18 bits per heavy atom. The Morgan fingerprint density at radius 1 is 1.09 bits per heavy atom. The molecule has 0 spiro atoms. The summed E-state index contributed by atoms with van der Waals surface area (Å²) >= 11 is 6.32. The van der Waals surface area contributed by atoms with Crippen LogP contribution in [0.2, 0.25) is 0 Å². The van der Waals surface area contributed by atoms with Gasteiger partial charge >= 0.3 is 43.0 Å². The number of aliphatic hydroxyl groups is 2. The molecule has 2 nitrogen and oxygen atoms in total. The van der Waals surface area contributed by atoms with Gasteiger partial charge in [-0.25, -0.2) is 0 Å². The Balaban J connectivity index is -0.0000000886. The molecule has 0 radical (unpaired) electrons. The molecule has 0 unspecified atom stereocenters. The van der Waals surface area contributed by atoms with Gasteiger partial charge in [0.25, 0.3) is 0 Å². The van der Waals surface area contributed by atoms with Crippen LogP contribution in [0.4, 0.5) is 0 Å². The Morgan fingerprint density at radius 2 is 1.18 bits per heavy atom. The molecule has 0 aromatic carbocycles. The molecule has 0 rings (SSSR count). The molecule has 0 bridgehead atoms. The van der Waals surface area contributed by atoms with E-state index in [1.165, 1.54) is 12.2 Å². The van der Waals surface area contributed by atoms with Gasteiger partial charge in [0, 0.05) is 0 Å². The first kappa shape index (κ1) is 18.1. The standard InChI is InChI=1S/2C3H6O.2BrH.Zr/c2*1-2-3-4;;;/h2*2,4H,1,3H2;2*1H;/q;;;;+2/p-2. The van der Waals surface area contributed by atoms with E-state index < -0.39 is 0 Å². The monoisotopic (exact) mass is 364 g/mol. The van der Waals surface area contributed by atoms with Crippen molar-refractivity contribution in [3.63, 3.8) is 0 Å². The molecule has 11 heavy (non-hydrogen) atoms. The van der Waals surface area contributed by atoms with E-state index in [0.29, 0.717) is 0 Å². The second-order valence-corrected chi connectivity index (χ2v) is 12.4. The molecule has 0 amide bonds. The molecule has 0 aliphatic rings. The summed E-state index contributed by atoms with van der Waals surface area (Å²) in [4.78, 5) is 0. The quantitative estimate of drug-likeness (QED) is 0.734. The number of rotatable bonds is 2. The molecule has 5 heteroatoms. The van der Waals surface area contributed by atoms with Crippen molar-refractivity contribution < 1.29 is 28.7 Å². The summed E-state index contributed by atoms with van der Waals surface area (Å²) in [7, 11) is 0. The van der Waals surface area contributed by atoms with Crippen molar-refractivity contribution in [2.75, 3.05) is 13.2 Å². The topological polar surface area (TPSA) is 40.5 Å². The average molecular weight is 367 g/mol. The van der Waals surface area contributed by atoms with Crippen LogP contribution in [0.5, 0.6) is 0 Å². The fourth-order valence-electron chi connectivity index (χ4n) is 0. The Kier molecular flexibility index (Phi) is 49.8. The molecule has 0 atom stereocenters. The molecular weight excluding hydrogens is 355 g/mol. The van der Waals surface area contributed by atoms with Crippen molar-refractivity contribution in [1.29, 1.82) is 0 Å². The maximum absolute atomic E-state index is 7.76. The third-order valence-corrected chi connectivity index (χ3v) is 0.258. The van der Waals surface area contributed by atoms with Crippen LogP contribution in [0, 0.1) is 0 Å². The second-order valence-electron chi connectivity index (χ2n) is 1.01. The third-order valence-electron chi connectivity index (χ3n) is 0.258. The number of hydrogen-bond donors (Lipinski definition) is 2. The predicted molar refractivity (Wildman–Crippen MR) is 52.4 cm³/mol. The van der Waals surface area contributed by atoms with E-state index in [9.17, 15) is 0 Å². The van der Waals surface area contributed by atoms with Gasteiger partial charge in [-0.1, -0.05) is 12.2 Å². The van der Waals surface area contributed by atoms with Crippen LogP contribution in [0.1, 0.15) is 0 Å². The molecule has 0 saturated heterocycles. The second kappa shape index (κ2) is 30.3. The first-order valence-corrected chi connectivity index (χ1v) is 13.9. The first-order chi connectivity index (χ1) is 5.24. The van der Waals surface area contributed by atoms with Gasteiger partial charge in [-0.15, -0.1) is 13.2 Å². The van der Waals surface area contributed by atoms with Crippen LogP contribution in [0.15, 0.2) is 25.3 Å². The van der Waals surface area contributed by atoms with Gasteiger partial charge in [0.2, 0.25) is 0 Å². The fourth-order valence-corrected chi connectivity index (χ4v) is 0. The fraction of sp³-hybridized carbons (Fsp3) is 0.333. The summed E-state index contributed by atoms with van der Waals surface area (Å²) in [5.41, 5.74) is 0. The predicted octanol–water partition coefficient (Wildman–Crippen LogP) is 2.02. The van der Waals surface area contributed by atoms with Crippen molar-refractivity contribution in [3.8, 4) is 0 Å². The zero-order chi connectivity index (χ0) is 9.54. The van der Waals surface area contributed by atoms with E-state index in [4.69, 9.17) is 10.2 Å². The minimum absolute atomic E-state index is 0.0833. The number of aliphatic hydroxyl groups excluding tert-OH is 2. The molecule has 2 N–H and O–H groups in total. The molecule has 66 valence electrons. The van der Waals surface area contributed by atoms with Gasteiger partial charge in [0.15, 0.2) is 0 Å². The minimum atomic E-state index is -0.145. The van der Waals surface area contributed by atoms with Gasteiger partial charge < -0.3 is 10.2 Å². The molecule has 0 aromatic heterocycles. The van der Waals surface area contributed by atoms with Crippen LogP contribution in [0.3, 0.4) is 0 Å². The summed E-state index contributed by atoms with van der Waals surface area (Å²) in [6.45, 7) is 6.62. The van der Waals surface area contributed by atoms with E-state index >= 15 is 0 Å². The number of hydrogen-bond acceptors (Lipinski definition) is 2. The summed E-state index contributed by atoms with van der Waals surface area (Å²) in [6, 6.07) is 0. The molecule has 0 saturated carbocycles. The maximum atomic E-state index is 7.76. The number of halogens is 2. The van der Waals surface area contributed by atoms with Crippen molar-refractivity contribution in [3.05, 3.63) is 25.3 Å². The average Bonchev–Trinajstić information content (AvgIpc) is 2.06. The van der Waals surface area contributed by atoms with Crippen LogP contribution in [0.25, 0.3) is 0 Å². The van der Waals surface area contributed by atoms with Crippen molar-refractivity contribution in [2.45, 2.75) is 0 Å². The van der Waals surface area contributed by atoms with E-state index in [1.54, 1.807) is 0 Å². The third kappa shape index (κ3) is 91.3. The van der Waals surface area contributed by atoms with Gasteiger partial charge in [-0.05, 0) is 0 Å². The molecule has 0 fully saturated rings. The van der Waals surface area contributed by atoms with Crippen molar-refractivity contribution in [2.24, 2.45) is 0 Å². The van der Waals surface area contributed by atoms with Gasteiger partial charge in [0.1, 0.15) is 0 Å². The van der Waals surface area contributed by atoms with E-state index in [0.717, 1.165) is 0 Å². The molecule has 0 aliphatic carbocycles. The molecule has 0 heterocycles. The SMILES string of the molecule is C=CCO.C=CCO.[Br][Zr][Br]. The first-order valence-electron chi connectivity index (χ1n) is 2.64.